The van der Waals surface area contributed by atoms with Crippen molar-refractivity contribution in [2.75, 3.05) is 43.0 Å². The number of nitrogens with one attached hydrogen (secondary N) is 2. The van der Waals surface area contributed by atoms with Crippen LogP contribution in [0.3, 0.4) is 0 Å². The topological polar surface area (TPSA) is 199 Å². The maximum Gasteiger partial charge on any atom is 0.305 e. The van der Waals surface area contributed by atoms with Gasteiger partial charge in [0.1, 0.15) is 12.6 Å². The Morgan fingerprint density at radius 3 is 2.59 bits per heavy atom. The van der Waals surface area contributed by atoms with Crippen LogP contribution in [0.25, 0.3) is 10.9 Å². The zero-order chi connectivity index (χ0) is 31.2. The number of halogens is 1. The maximum absolute atomic E-state index is 14.7. The van der Waals surface area contributed by atoms with Gasteiger partial charge in [0.25, 0.3) is 11.7 Å². The van der Waals surface area contributed by atoms with Crippen molar-refractivity contribution in [3.8, 4) is 0 Å². The third-order valence-electron chi connectivity index (χ3n) is 7.03. The van der Waals surface area contributed by atoms with E-state index in [9.17, 15) is 18.8 Å². The standard InChI is InChI=1S/C29H36FN7O4.CH2O.H3N.H2/c1-2-41-23(38)10-6-4-3-5-8-20-9-7-12-33-28(20)36-14-16-37(17-15-36)29(40)26(39)21-18-34-25-24(21)22(30)19-35-27(25)32-13-11-31;1-2;;/h7,9,11-13,18-19,34H,2-6,8,10,14-17,31H2,1H3,(H,32,35);1H2;1H3;1H/b13-11-;;;. The highest BCUT2D eigenvalue weighted by Crippen LogP contribution is 2.28. The lowest BCUT2D eigenvalue weighted by Crippen LogP contribution is -2.51. The van der Waals surface area contributed by atoms with Crippen molar-refractivity contribution in [1.82, 2.24) is 26.0 Å². The fourth-order valence-corrected chi connectivity index (χ4v) is 4.99. The van der Waals surface area contributed by atoms with E-state index in [1.165, 1.54) is 23.5 Å². The Morgan fingerprint density at radius 2 is 1.89 bits per heavy atom. The number of nitrogens with two attached hydrogens (primary N) is 1. The number of aromatic amines is 1. The molecule has 1 amide bonds. The summed E-state index contributed by atoms with van der Waals surface area (Å²) in [6, 6.07) is 3.98. The number of fused-ring (bicyclic) bond motifs is 1. The first kappa shape index (κ1) is 35.3. The molecule has 13 nitrogen and oxygen atoms in total. The molecule has 3 aromatic rings. The first-order valence-corrected chi connectivity index (χ1v) is 14.2. The van der Waals surface area contributed by atoms with Crippen molar-refractivity contribution < 1.29 is 29.7 Å². The highest BCUT2D eigenvalue weighted by molar-refractivity contribution is 6.45. The number of amides is 1. The lowest BCUT2D eigenvalue weighted by Gasteiger charge is -2.36. The molecular formula is C30H43FN8O5. The van der Waals surface area contributed by atoms with E-state index < -0.39 is 17.5 Å². The molecule has 1 saturated heterocycles. The van der Waals surface area contributed by atoms with Gasteiger partial charge in [0, 0.05) is 58.8 Å². The quantitative estimate of drug-likeness (QED) is 0.0946. The number of anilines is 2. The number of ether oxygens (including phenoxy) is 1. The van der Waals surface area contributed by atoms with Crippen LogP contribution in [-0.4, -0.2) is 77.1 Å². The number of aromatic nitrogens is 3. The third kappa shape index (κ3) is 8.83. The highest BCUT2D eigenvalue weighted by Gasteiger charge is 2.30. The molecular weight excluding hydrogens is 571 g/mol. The van der Waals surface area contributed by atoms with Gasteiger partial charge in [-0.05, 0) is 37.8 Å². The monoisotopic (exact) mass is 614 g/mol. The molecule has 0 radical (unpaired) electrons. The fraction of sp³-hybridized carbons (Fsp3) is 0.400. The number of ketones is 1. The zero-order valence-electron chi connectivity index (χ0n) is 25.0. The Labute approximate surface area is 257 Å². The lowest BCUT2D eigenvalue weighted by molar-refractivity contribution is -0.143. The largest absolute Gasteiger partial charge is 0.466 e. The predicted molar refractivity (Wildman–Crippen MR) is 168 cm³/mol. The van der Waals surface area contributed by atoms with Gasteiger partial charge in [0.15, 0.2) is 11.6 Å². The molecule has 4 rings (SSSR count). The minimum Gasteiger partial charge on any atom is -0.466 e. The molecule has 0 aromatic carbocycles. The van der Waals surface area contributed by atoms with E-state index in [1.807, 2.05) is 19.8 Å². The molecule has 0 saturated carbocycles. The van der Waals surface area contributed by atoms with Crippen LogP contribution in [0.5, 0.6) is 0 Å². The number of esters is 1. The number of H-pyrrole nitrogens is 1. The Kier molecular flexibility index (Phi) is 14.4. The number of rotatable bonds is 13. The van der Waals surface area contributed by atoms with Gasteiger partial charge in [0.05, 0.1) is 29.3 Å². The number of hydrogen-bond acceptors (Lipinski definition) is 11. The van der Waals surface area contributed by atoms with Crippen LogP contribution in [0.15, 0.2) is 43.1 Å². The number of carbonyl (C=O) groups is 4. The normalized spacial score (nSPS) is 12.8. The fourth-order valence-electron chi connectivity index (χ4n) is 4.99. The van der Waals surface area contributed by atoms with E-state index in [-0.39, 0.29) is 35.8 Å². The molecule has 7 N–H and O–H groups in total. The Balaban J connectivity index is 0.00000248. The van der Waals surface area contributed by atoms with Gasteiger partial charge < -0.3 is 41.5 Å². The van der Waals surface area contributed by atoms with Gasteiger partial charge in [-0.1, -0.05) is 18.9 Å². The summed E-state index contributed by atoms with van der Waals surface area (Å²) in [6.45, 7) is 5.95. The van der Waals surface area contributed by atoms with Crippen molar-refractivity contribution in [2.24, 2.45) is 5.73 Å². The molecule has 1 fully saturated rings. The second-order valence-corrected chi connectivity index (χ2v) is 9.72. The lowest BCUT2D eigenvalue weighted by atomic mass is 10.1. The van der Waals surface area contributed by atoms with Crippen LogP contribution >= 0.6 is 0 Å². The molecule has 44 heavy (non-hydrogen) atoms. The molecule has 4 heterocycles. The highest BCUT2D eigenvalue weighted by atomic mass is 19.1. The summed E-state index contributed by atoms with van der Waals surface area (Å²) < 4.78 is 19.6. The molecule has 3 aromatic heterocycles. The second-order valence-electron chi connectivity index (χ2n) is 9.72. The van der Waals surface area contributed by atoms with Crippen molar-refractivity contribution in [3.63, 3.8) is 0 Å². The van der Waals surface area contributed by atoms with E-state index >= 15 is 0 Å². The molecule has 0 atom stereocenters. The van der Waals surface area contributed by atoms with Crippen molar-refractivity contribution in [3.05, 3.63) is 60.1 Å². The van der Waals surface area contributed by atoms with Crippen molar-refractivity contribution >= 4 is 47.0 Å². The Morgan fingerprint density at radius 1 is 1.16 bits per heavy atom. The molecule has 240 valence electrons. The van der Waals surface area contributed by atoms with Crippen LogP contribution in [0.1, 0.15) is 56.4 Å². The summed E-state index contributed by atoms with van der Waals surface area (Å²) in [5, 5.41) is 2.82. The van der Waals surface area contributed by atoms with Crippen LogP contribution in [0.2, 0.25) is 0 Å². The van der Waals surface area contributed by atoms with E-state index in [4.69, 9.17) is 15.3 Å². The molecule has 1 aliphatic rings. The molecule has 0 bridgehead atoms. The number of piperazine rings is 1. The molecule has 0 unspecified atom stereocenters. The number of nitrogens with zero attached hydrogens (tertiary/aromatic N) is 4. The summed E-state index contributed by atoms with van der Waals surface area (Å²) in [5.41, 5.74) is 6.71. The van der Waals surface area contributed by atoms with Gasteiger partial charge in [-0.2, -0.15) is 0 Å². The molecule has 1 aliphatic heterocycles. The predicted octanol–water partition coefficient (Wildman–Crippen LogP) is 3.75. The average molecular weight is 615 g/mol. The molecule has 14 heteroatoms. The minimum absolute atomic E-state index is 0. The van der Waals surface area contributed by atoms with E-state index in [2.05, 4.69) is 31.2 Å². The van der Waals surface area contributed by atoms with E-state index in [0.717, 1.165) is 49.7 Å². The zero-order valence-corrected chi connectivity index (χ0v) is 25.0. The van der Waals surface area contributed by atoms with Gasteiger partial charge >= 0.3 is 5.97 Å². The summed E-state index contributed by atoms with van der Waals surface area (Å²) in [6.07, 6.45) is 11.8. The van der Waals surface area contributed by atoms with E-state index in [0.29, 0.717) is 39.2 Å². The van der Waals surface area contributed by atoms with E-state index in [1.54, 1.807) is 6.20 Å². The van der Waals surface area contributed by atoms with Crippen molar-refractivity contribution in [1.29, 1.82) is 0 Å². The number of aryl methyl sites for hydroxylation is 1. The van der Waals surface area contributed by atoms with Crippen LogP contribution in [0, 0.1) is 5.82 Å². The van der Waals surface area contributed by atoms with Gasteiger partial charge in [-0.3, -0.25) is 14.4 Å². The average Bonchev–Trinajstić information content (AvgIpc) is 3.49. The number of Topliss-reactive ketones (excluding diaryl/α,β-unsaturated/α-hetero) is 1. The van der Waals surface area contributed by atoms with Gasteiger partial charge in [-0.25, -0.2) is 14.4 Å². The van der Waals surface area contributed by atoms with Gasteiger partial charge in [-0.15, -0.1) is 0 Å². The maximum atomic E-state index is 14.7. The molecule has 0 spiro atoms. The number of hydrogen-bond donors (Lipinski definition) is 4. The SMILES string of the molecule is C=O.CCOC(=O)CCCCCCc1cccnc1N1CCN(C(=O)C(=O)c2c[nH]c3c(N/C=C\N)ncc(F)c23)CC1.N.[HH]. The summed E-state index contributed by atoms with van der Waals surface area (Å²) >= 11 is 0. The Bertz CT molecular complexity index is 1430. The van der Waals surface area contributed by atoms with Crippen LogP contribution in [-0.2, 0) is 25.5 Å². The minimum atomic E-state index is -0.781. The number of pyridine rings is 2. The van der Waals surface area contributed by atoms with Gasteiger partial charge in [0.2, 0.25) is 0 Å². The summed E-state index contributed by atoms with van der Waals surface area (Å²) in [7, 11) is 0. The molecule has 0 aliphatic carbocycles. The second kappa shape index (κ2) is 18.0. The smallest absolute Gasteiger partial charge is 0.305 e. The first-order chi connectivity index (χ1) is 20.9. The number of carbonyl (C=O) groups excluding carboxylic acids is 4. The number of unbranched alkanes of at least 4 members (excludes halogenated alkanes) is 3. The van der Waals surface area contributed by atoms with Crippen molar-refractivity contribution in [2.45, 2.75) is 45.4 Å². The van der Waals surface area contributed by atoms with Crippen LogP contribution < -0.4 is 22.1 Å². The first-order valence-electron chi connectivity index (χ1n) is 14.2. The summed E-state index contributed by atoms with van der Waals surface area (Å²) in [4.78, 5) is 60.8. The third-order valence-corrected chi connectivity index (χ3v) is 7.03. The summed E-state index contributed by atoms with van der Waals surface area (Å²) in [5.74, 6) is -1.14. The Hall–Kier alpha value is -4.85. The van der Waals surface area contributed by atoms with Crippen LogP contribution in [0.4, 0.5) is 16.0 Å².